The zero-order valence-corrected chi connectivity index (χ0v) is 26.0. The molecule has 0 saturated heterocycles. The minimum atomic E-state index is -0.606. The van der Waals surface area contributed by atoms with Gasteiger partial charge in [-0.05, 0) is 91.3 Å². The topological polar surface area (TPSA) is 145 Å². The Hall–Kier alpha value is -6.37. The highest BCUT2D eigenvalue weighted by atomic mass is 19.1. The molecular formula is C35H31FN6O6. The van der Waals surface area contributed by atoms with E-state index in [0.717, 1.165) is 17.7 Å². The predicted molar refractivity (Wildman–Crippen MR) is 176 cm³/mol. The molecule has 0 saturated carbocycles. The van der Waals surface area contributed by atoms with Gasteiger partial charge in [-0.3, -0.25) is 0 Å². The Balaban J connectivity index is 1.27. The quantitative estimate of drug-likeness (QED) is 0.0511. The molecule has 0 atom stereocenters. The third-order valence-electron chi connectivity index (χ3n) is 6.14. The maximum absolute atomic E-state index is 14.7. The molecule has 4 aromatic rings. The average molecular weight is 651 g/mol. The van der Waals surface area contributed by atoms with Crippen molar-refractivity contribution < 1.29 is 32.9 Å². The van der Waals surface area contributed by atoms with E-state index in [0.29, 0.717) is 39.9 Å². The number of aryl methyl sites for hydroxylation is 1. The molecule has 0 radical (unpaired) electrons. The van der Waals surface area contributed by atoms with Crippen molar-refractivity contribution in [3.05, 3.63) is 122 Å². The van der Waals surface area contributed by atoms with Crippen molar-refractivity contribution in [2.24, 2.45) is 30.7 Å². The van der Waals surface area contributed by atoms with E-state index in [1.165, 1.54) is 12.1 Å². The second-order valence-electron chi connectivity index (χ2n) is 9.63. The molecule has 0 heterocycles. The van der Waals surface area contributed by atoms with Crippen LogP contribution in [0, 0.1) is 12.7 Å². The fourth-order valence-corrected chi connectivity index (χ4v) is 3.73. The van der Waals surface area contributed by atoms with E-state index in [-0.39, 0.29) is 32.1 Å². The first-order valence-electron chi connectivity index (χ1n) is 14.5. The van der Waals surface area contributed by atoms with Crippen LogP contribution in [0.25, 0.3) is 0 Å². The van der Waals surface area contributed by atoms with E-state index < -0.39 is 17.8 Å². The minimum Gasteiger partial charge on any atom is -0.490 e. The summed E-state index contributed by atoms with van der Waals surface area (Å²) >= 11 is 0. The number of rotatable bonds is 16. The van der Waals surface area contributed by atoms with Gasteiger partial charge in [-0.1, -0.05) is 13.2 Å². The fourth-order valence-electron chi connectivity index (χ4n) is 3.73. The highest BCUT2D eigenvalue weighted by Gasteiger charge is 2.05. The fraction of sp³-hybridized carbons (Fsp3) is 0.143. The summed E-state index contributed by atoms with van der Waals surface area (Å²) in [6, 6.07) is 23.2. The number of ether oxygens (including phenoxy) is 4. The van der Waals surface area contributed by atoms with Gasteiger partial charge in [0, 0.05) is 18.2 Å². The minimum absolute atomic E-state index is 0.0424. The van der Waals surface area contributed by atoms with Gasteiger partial charge >= 0.3 is 11.9 Å². The van der Waals surface area contributed by atoms with Gasteiger partial charge < -0.3 is 18.9 Å². The Morgan fingerprint density at radius 3 is 1.50 bits per heavy atom. The molecule has 0 aliphatic rings. The summed E-state index contributed by atoms with van der Waals surface area (Å²) in [6.07, 6.45) is 2.18. The number of benzene rings is 4. The molecule has 0 amide bonds. The van der Waals surface area contributed by atoms with Crippen molar-refractivity contribution in [2.75, 3.05) is 26.4 Å². The molecule has 0 unspecified atom stereocenters. The number of carbonyl (C=O) groups is 2. The standard InChI is InChI=1S/C35H31FN6O6/c1-4-34(43)47-20-18-45-29-12-6-25(7-13-29)37-39-28-11-17-33(31(36)23-28)42-40-27-10-16-32(24(3)22-27)41-38-26-8-14-30(15-9-26)46-19-21-48-35(44)5-2/h4-17,22-23H,1-2,18-21H2,3H3. The van der Waals surface area contributed by atoms with Crippen LogP contribution in [0.3, 0.4) is 0 Å². The Kier molecular flexibility index (Phi) is 12.9. The maximum Gasteiger partial charge on any atom is 0.330 e. The molecule has 13 heteroatoms. The second kappa shape index (κ2) is 17.9. The van der Waals surface area contributed by atoms with Crippen molar-refractivity contribution in [3.8, 4) is 11.5 Å². The lowest BCUT2D eigenvalue weighted by molar-refractivity contribution is -0.139. The number of carbonyl (C=O) groups excluding carboxylic acids is 2. The van der Waals surface area contributed by atoms with Gasteiger partial charge in [0.2, 0.25) is 0 Å². The van der Waals surface area contributed by atoms with Gasteiger partial charge in [0.1, 0.15) is 43.6 Å². The zero-order chi connectivity index (χ0) is 34.1. The average Bonchev–Trinajstić information content (AvgIpc) is 3.11. The molecule has 0 aliphatic carbocycles. The van der Waals surface area contributed by atoms with Crippen LogP contribution in [0.5, 0.6) is 11.5 Å². The summed E-state index contributed by atoms with van der Waals surface area (Å²) in [7, 11) is 0. The van der Waals surface area contributed by atoms with E-state index in [1.54, 1.807) is 72.8 Å². The normalized spacial score (nSPS) is 11.1. The van der Waals surface area contributed by atoms with Gasteiger partial charge in [0.15, 0.2) is 5.82 Å². The van der Waals surface area contributed by atoms with E-state index in [2.05, 4.69) is 43.8 Å². The van der Waals surface area contributed by atoms with Crippen LogP contribution in [0.15, 0.2) is 141 Å². The van der Waals surface area contributed by atoms with Crippen LogP contribution in [-0.2, 0) is 19.1 Å². The monoisotopic (exact) mass is 650 g/mol. The number of azo groups is 3. The van der Waals surface area contributed by atoms with E-state index in [4.69, 9.17) is 18.9 Å². The summed E-state index contributed by atoms with van der Waals surface area (Å²) < 4.78 is 35.5. The number of esters is 2. The van der Waals surface area contributed by atoms with Crippen molar-refractivity contribution in [1.82, 2.24) is 0 Å². The highest BCUT2D eigenvalue weighted by molar-refractivity contribution is 5.81. The first kappa shape index (κ1) is 34.5. The van der Waals surface area contributed by atoms with E-state index in [9.17, 15) is 14.0 Å². The lowest BCUT2D eigenvalue weighted by atomic mass is 10.2. The summed E-state index contributed by atoms with van der Waals surface area (Å²) in [5.41, 5.74) is 3.44. The Labute approximate surface area is 276 Å². The SMILES string of the molecule is C=CC(=O)OCCOc1ccc(N=Nc2ccc(N=Nc3ccc(N=Nc4ccc(OCCOC(=O)C=C)cc4)c(C)c3)c(F)c2)cc1. The summed E-state index contributed by atoms with van der Waals surface area (Å²) in [5, 5.41) is 25.0. The smallest absolute Gasteiger partial charge is 0.330 e. The molecular weight excluding hydrogens is 619 g/mol. The van der Waals surface area contributed by atoms with Gasteiger partial charge in [0.25, 0.3) is 0 Å². The number of halogens is 1. The van der Waals surface area contributed by atoms with Crippen LogP contribution in [0.2, 0.25) is 0 Å². The molecule has 0 aliphatic heterocycles. The van der Waals surface area contributed by atoms with Gasteiger partial charge in [-0.2, -0.15) is 25.6 Å². The zero-order valence-electron chi connectivity index (χ0n) is 26.0. The third kappa shape index (κ3) is 11.2. The Bertz CT molecular complexity index is 1820. The van der Waals surface area contributed by atoms with Crippen LogP contribution in [0.4, 0.5) is 38.5 Å². The Morgan fingerprint density at radius 1 is 0.583 bits per heavy atom. The van der Waals surface area contributed by atoms with Crippen LogP contribution >= 0.6 is 0 Å². The van der Waals surface area contributed by atoms with Crippen molar-refractivity contribution in [2.45, 2.75) is 6.92 Å². The number of nitrogens with zero attached hydrogens (tertiary/aromatic N) is 6. The molecule has 4 rings (SSSR count). The predicted octanol–water partition coefficient (Wildman–Crippen LogP) is 9.60. The Morgan fingerprint density at radius 2 is 1.00 bits per heavy atom. The van der Waals surface area contributed by atoms with Crippen LogP contribution in [0.1, 0.15) is 5.56 Å². The third-order valence-corrected chi connectivity index (χ3v) is 6.14. The molecule has 0 fully saturated rings. The largest absolute Gasteiger partial charge is 0.490 e. The molecule has 12 nitrogen and oxygen atoms in total. The molecule has 0 aromatic heterocycles. The summed E-state index contributed by atoms with van der Waals surface area (Å²) in [4.78, 5) is 22.1. The molecule has 0 spiro atoms. The summed E-state index contributed by atoms with van der Waals surface area (Å²) in [6.45, 7) is 9.13. The molecule has 0 bridgehead atoms. The van der Waals surface area contributed by atoms with Crippen molar-refractivity contribution in [3.63, 3.8) is 0 Å². The van der Waals surface area contributed by atoms with Crippen LogP contribution < -0.4 is 9.47 Å². The van der Waals surface area contributed by atoms with Crippen molar-refractivity contribution >= 4 is 46.1 Å². The first-order chi connectivity index (χ1) is 23.3. The van der Waals surface area contributed by atoms with Gasteiger partial charge in [-0.25, -0.2) is 14.0 Å². The second-order valence-corrected chi connectivity index (χ2v) is 9.63. The van der Waals surface area contributed by atoms with Gasteiger partial charge in [-0.15, -0.1) is 5.11 Å². The lowest BCUT2D eigenvalue weighted by Crippen LogP contribution is -2.09. The lowest BCUT2D eigenvalue weighted by Gasteiger charge is -2.06. The summed E-state index contributed by atoms with van der Waals surface area (Å²) in [5.74, 6) is -0.457. The molecule has 48 heavy (non-hydrogen) atoms. The molecule has 4 aromatic carbocycles. The molecule has 244 valence electrons. The first-order valence-corrected chi connectivity index (χ1v) is 14.5. The number of hydrogen-bond donors (Lipinski definition) is 0. The van der Waals surface area contributed by atoms with Crippen molar-refractivity contribution in [1.29, 1.82) is 0 Å². The van der Waals surface area contributed by atoms with E-state index in [1.807, 2.05) is 6.92 Å². The van der Waals surface area contributed by atoms with Gasteiger partial charge in [0.05, 0.1) is 28.4 Å². The maximum atomic E-state index is 14.7. The molecule has 0 N–H and O–H groups in total. The highest BCUT2D eigenvalue weighted by Crippen LogP contribution is 2.30. The van der Waals surface area contributed by atoms with E-state index >= 15 is 0 Å². The number of hydrogen-bond acceptors (Lipinski definition) is 12. The van der Waals surface area contributed by atoms with Crippen LogP contribution in [-0.4, -0.2) is 38.4 Å².